The number of carboxylic acids is 1. The van der Waals surface area contributed by atoms with E-state index in [1.54, 1.807) is 6.07 Å². The van der Waals surface area contributed by atoms with Crippen LogP contribution in [-0.4, -0.2) is 16.1 Å². The number of aromatic nitrogens is 1. The van der Waals surface area contributed by atoms with E-state index >= 15 is 0 Å². The Morgan fingerprint density at radius 1 is 1.31 bits per heavy atom. The second-order valence-electron chi connectivity index (χ2n) is 3.73. The summed E-state index contributed by atoms with van der Waals surface area (Å²) in [4.78, 5) is 14.7. The van der Waals surface area contributed by atoms with Crippen LogP contribution in [0.25, 0.3) is 10.8 Å². The number of aromatic carboxylic acids is 1. The summed E-state index contributed by atoms with van der Waals surface area (Å²) < 4.78 is 0. The molecule has 16 heavy (non-hydrogen) atoms. The molecule has 0 saturated carbocycles. The summed E-state index contributed by atoms with van der Waals surface area (Å²) in [6.45, 7) is 3.85. The number of carbonyl (C=O) groups is 1. The van der Waals surface area contributed by atoms with Gasteiger partial charge in [-0.15, -0.1) is 0 Å². The maximum absolute atomic E-state index is 10.9. The smallest absolute Gasteiger partial charge is 0.354 e. The Morgan fingerprint density at radius 3 is 2.56 bits per heavy atom. The SMILES string of the molecule is Cc1ccc(C)c2c(Cl)nc(C(=O)O)cc12. The lowest BCUT2D eigenvalue weighted by molar-refractivity contribution is 0.0690. The Kier molecular flexibility index (Phi) is 2.56. The topological polar surface area (TPSA) is 50.2 Å². The third-order valence-electron chi connectivity index (χ3n) is 2.60. The normalized spacial score (nSPS) is 10.7. The van der Waals surface area contributed by atoms with Crippen molar-refractivity contribution in [2.75, 3.05) is 0 Å². The first-order valence-electron chi connectivity index (χ1n) is 4.80. The van der Waals surface area contributed by atoms with Crippen LogP contribution in [-0.2, 0) is 0 Å². The number of nitrogens with zero attached hydrogens (tertiary/aromatic N) is 1. The lowest BCUT2D eigenvalue weighted by Crippen LogP contribution is -2.01. The Morgan fingerprint density at radius 2 is 1.94 bits per heavy atom. The van der Waals surface area contributed by atoms with Crippen LogP contribution in [0.5, 0.6) is 0 Å². The summed E-state index contributed by atoms with van der Waals surface area (Å²) >= 11 is 6.01. The van der Waals surface area contributed by atoms with Gasteiger partial charge in [-0.2, -0.15) is 0 Å². The van der Waals surface area contributed by atoms with Crippen molar-refractivity contribution in [3.05, 3.63) is 40.2 Å². The van der Waals surface area contributed by atoms with E-state index in [0.29, 0.717) is 0 Å². The van der Waals surface area contributed by atoms with Crippen LogP contribution in [0.3, 0.4) is 0 Å². The molecule has 3 nitrogen and oxygen atoms in total. The van der Waals surface area contributed by atoms with Gasteiger partial charge in [-0.1, -0.05) is 23.7 Å². The lowest BCUT2D eigenvalue weighted by atomic mass is 10.0. The highest BCUT2D eigenvalue weighted by atomic mass is 35.5. The van der Waals surface area contributed by atoms with E-state index < -0.39 is 5.97 Å². The molecule has 2 rings (SSSR count). The van der Waals surface area contributed by atoms with Crippen LogP contribution in [0.1, 0.15) is 21.6 Å². The van der Waals surface area contributed by atoms with E-state index in [1.165, 1.54) is 0 Å². The summed E-state index contributed by atoms with van der Waals surface area (Å²) in [6, 6.07) is 5.46. The largest absolute Gasteiger partial charge is 0.477 e. The highest BCUT2D eigenvalue weighted by molar-refractivity contribution is 6.34. The number of benzene rings is 1. The lowest BCUT2D eigenvalue weighted by Gasteiger charge is -2.08. The minimum atomic E-state index is -1.07. The molecule has 0 atom stereocenters. The van der Waals surface area contributed by atoms with Crippen LogP contribution in [0.15, 0.2) is 18.2 Å². The monoisotopic (exact) mass is 235 g/mol. The molecule has 0 saturated heterocycles. The van der Waals surface area contributed by atoms with E-state index in [4.69, 9.17) is 16.7 Å². The molecular weight excluding hydrogens is 226 g/mol. The first kappa shape index (κ1) is 10.9. The summed E-state index contributed by atoms with van der Waals surface area (Å²) in [7, 11) is 0. The van der Waals surface area contributed by atoms with Crippen molar-refractivity contribution in [2.45, 2.75) is 13.8 Å². The fourth-order valence-corrected chi connectivity index (χ4v) is 2.07. The second kappa shape index (κ2) is 3.76. The number of carboxylic acid groups (broad SMARTS) is 1. The van der Waals surface area contributed by atoms with Gasteiger partial charge < -0.3 is 5.11 Å². The molecule has 0 aliphatic rings. The zero-order valence-electron chi connectivity index (χ0n) is 8.91. The molecule has 0 spiro atoms. The molecule has 0 fully saturated rings. The van der Waals surface area contributed by atoms with Crippen molar-refractivity contribution in [3.8, 4) is 0 Å². The quantitative estimate of drug-likeness (QED) is 0.773. The fourth-order valence-electron chi connectivity index (χ4n) is 1.73. The number of aryl methyl sites for hydroxylation is 2. The van der Waals surface area contributed by atoms with Crippen LogP contribution < -0.4 is 0 Å². The van der Waals surface area contributed by atoms with Gasteiger partial charge >= 0.3 is 5.97 Å². The molecule has 4 heteroatoms. The number of hydrogen-bond donors (Lipinski definition) is 1. The standard InChI is InChI=1S/C12H10ClNO2/c1-6-3-4-7(2)10-8(6)5-9(12(15)16)14-11(10)13/h3-5H,1-2H3,(H,15,16). The maximum atomic E-state index is 10.9. The molecular formula is C12H10ClNO2. The van der Waals surface area contributed by atoms with E-state index in [0.717, 1.165) is 21.9 Å². The van der Waals surface area contributed by atoms with Crippen LogP contribution in [0.2, 0.25) is 5.15 Å². The van der Waals surface area contributed by atoms with Crippen molar-refractivity contribution in [3.63, 3.8) is 0 Å². The molecule has 2 aromatic rings. The first-order valence-corrected chi connectivity index (χ1v) is 5.18. The number of halogens is 1. The summed E-state index contributed by atoms with van der Waals surface area (Å²) in [6.07, 6.45) is 0. The van der Waals surface area contributed by atoms with Gasteiger partial charge in [0.05, 0.1) is 0 Å². The van der Waals surface area contributed by atoms with Crippen LogP contribution >= 0.6 is 11.6 Å². The number of hydrogen-bond acceptors (Lipinski definition) is 2. The molecule has 1 aromatic heterocycles. The number of rotatable bonds is 1. The Labute approximate surface area is 97.7 Å². The molecule has 0 aliphatic heterocycles. The van der Waals surface area contributed by atoms with Gasteiger partial charge in [0.15, 0.2) is 5.69 Å². The Hall–Kier alpha value is -1.61. The minimum absolute atomic E-state index is 0.0220. The highest BCUT2D eigenvalue weighted by Gasteiger charge is 2.12. The Bertz CT molecular complexity index is 593. The van der Waals surface area contributed by atoms with Crippen molar-refractivity contribution in [1.82, 2.24) is 4.98 Å². The zero-order valence-corrected chi connectivity index (χ0v) is 9.67. The molecule has 0 unspecified atom stereocenters. The van der Waals surface area contributed by atoms with Gasteiger partial charge in [-0.05, 0) is 36.4 Å². The first-order chi connectivity index (χ1) is 7.50. The summed E-state index contributed by atoms with van der Waals surface area (Å²) in [5, 5.41) is 10.8. The third-order valence-corrected chi connectivity index (χ3v) is 2.87. The van der Waals surface area contributed by atoms with Gasteiger partial charge in [0.25, 0.3) is 0 Å². The predicted octanol–water partition coefficient (Wildman–Crippen LogP) is 3.20. The number of fused-ring (bicyclic) bond motifs is 1. The van der Waals surface area contributed by atoms with Gasteiger partial charge in [-0.3, -0.25) is 0 Å². The van der Waals surface area contributed by atoms with Gasteiger partial charge in [0.1, 0.15) is 5.15 Å². The van der Waals surface area contributed by atoms with Crippen molar-refractivity contribution in [2.24, 2.45) is 0 Å². The molecule has 0 radical (unpaired) electrons. The molecule has 1 heterocycles. The molecule has 0 aliphatic carbocycles. The molecule has 0 amide bonds. The van der Waals surface area contributed by atoms with E-state index in [-0.39, 0.29) is 10.8 Å². The Balaban J connectivity index is 2.92. The van der Waals surface area contributed by atoms with Gasteiger partial charge in [0, 0.05) is 5.39 Å². The molecule has 1 aromatic carbocycles. The minimum Gasteiger partial charge on any atom is -0.477 e. The highest BCUT2D eigenvalue weighted by Crippen LogP contribution is 2.28. The summed E-state index contributed by atoms with van der Waals surface area (Å²) in [5.74, 6) is -1.07. The summed E-state index contributed by atoms with van der Waals surface area (Å²) in [5.41, 5.74) is 1.97. The fraction of sp³-hybridized carbons (Fsp3) is 0.167. The third kappa shape index (κ3) is 1.63. The predicted molar refractivity (Wildman–Crippen MR) is 63.2 cm³/mol. The zero-order chi connectivity index (χ0) is 11.9. The van der Waals surface area contributed by atoms with Crippen molar-refractivity contribution >= 4 is 28.3 Å². The van der Waals surface area contributed by atoms with Crippen LogP contribution in [0.4, 0.5) is 0 Å². The maximum Gasteiger partial charge on any atom is 0.354 e. The van der Waals surface area contributed by atoms with Gasteiger partial charge in [-0.25, -0.2) is 9.78 Å². The van der Waals surface area contributed by atoms with E-state index in [1.807, 2.05) is 26.0 Å². The van der Waals surface area contributed by atoms with Gasteiger partial charge in [0.2, 0.25) is 0 Å². The van der Waals surface area contributed by atoms with E-state index in [2.05, 4.69) is 4.98 Å². The second-order valence-corrected chi connectivity index (χ2v) is 4.08. The molecule has 1 N–H and O–H groups in total. The van der Waals surface area contributed by atoms with Crippen molar-refractivity contribution in [1.29, 1.82) is 0 Å². The average molecular weight is 236 g/mol. The average Bonchev–Trinajstić information content (AvgIpc) is 2.22. The van der Waals surface area contributed by atoms with Crippen LogP contribution in [0, 0.1) is 13.8 Å². The number of pyridine rings is 1. The molecule has 82 valence electrons. The van der Waals surface area contributed by atoms with Crippen molar-refractivity contribution < 1.29 is 9.90 Å². The molecule has 0 bridgehead atoms. The van der Waals surface area contributed by atoms with E-state index in [9.17, 15) is 4.79 Å².